The number of nitrogens with zero attached hydrogens (tertiary/aromatic N) is 4. The Kier molecular flexibility index (Phi) is 5.53. The second kappa shape index (κ2) is 8.68. The molecule has 2 heterocycles. The molecule has 0 unspecified atom stereocenters. The second-order valence-corrected chi connectivity index (χ2v) is 8.71. The smallest absolute Gasteiger partial charge is 0.335 e. The molecule has 0 saturated carbocycles. The van der Waals surface area contributed by atoms with Crippen LogP contribution in [0.5, 0.6) is 0 Å². The number of nitrogens with two attached hydrogens (primary N) is 1. The molecule has 0 saturated heterocycles. The zero-order valence-corrected chi connectivity index (χ0v) is 19.8. The van der Waals surface area contributed by atoms with Crippen LogP contribution in [-0.4, -0.2) is 25.0 Å². The maximum Gasteiger partial charge on any atom is 0.335 e. The third-order valence-corrected chi connectivity index (χ3v) is 6.32. The lowest BCUT2D eigenvalue weighted by Crippen LogP contribution is -2.24. The van der Waals surface area contributed by atoms with Crippen molar-refractivity contribution in [1.82, 2.24) is 19.1 Å². The van der Waals surface area contributed by atoms with Gasteiger partial charge in [0.25, 0.3) is 5.91 Å². The van der Waals surface area contributed by atoms with Gasteiger partial charge in [0.05, 0.1) is 12.2 Å². The van der Waals surface area contributed by atoms with Crippen LogP contribution in [0.3, 0.4) is 0 Å². The molecule has 5 rings (SSSR count). The largest absolute Gasteiger partial charge is 0.364 e. The number of benzene rings is 3. The quantitative estimate of drug-likeness (QED) is 0.420. The summed E-state index contributed by atoms with van der Waals surface area (Å²) in [6.07, 6.45) is 0. The van der Waals surface area contributed by atoms with Crippen LogP contribution in [0.15, 0.2) is 77.6 Å². The first kappa shape index (κ1) is 22.3. The van der Waals surface area contributed by atoms with Crippen LogP contribution in [0.4, 0.5) is 0 Å². The lowest BCUT2D eigenvalue weighted by Gasteiger charge is -2.10. The summed E-state index contributed by atoms with van der Waals surface area (Å²) in [7, 11) is 0. The van der Waals surface area contributed by atoms with Crippen molar-refractivity contribution in [1.29, 1.82) is 0 Å². The van der Waals surface area contributed by atoms with Crippen molar-refractivity contribution < 1.29 is 4.79 Å². The molecule has 2 N–H and O–H groups in total. The summed E-state index contributed by atoms with van der Waals surface area (Å²) in [6.45, 7) is 6.21. The summed E-state index contributed by atoms with van der Waals surface area (Å²) in [4.78, 5) is 35.9. The number of aromatic nitrogens is 4. The minimum atomic E-state index is -0.716. The molecule has 174 valence electrons. The summed E-state index contributed by atoms with van der Waals surface area (Å²) in [5.74, 6) is -0.370. The van der Waals surface area contributed by atoms with Crippen molar-refractivity contribution in [2.75, 3.05) is 0 Å². The Bertz CT molecular complexity index is 1650. The molecule has 0 spiro atoms. The van der Waals surface area contributed by atoms with Gasteiger partial charge in [0.15, 0.2) is 17.2 Å². The van der Waals surface area contributed by atoms with Gasteiger partial charge >= 0.3 is 5.69 Å². The Hall–Kier alpha value is -4.52. The number of hydrogen-bond acceptors (Lipinski definition) is 4. The summed E-state index contributed by atoms with van der Waals surface area (Å²) in [6, 6.07) is 23.0. The molecule has 3 aromatic carbocycles. The number of fused-ring (bicyclic) bond motifs is 1. The predicted octanol–water partition coefficient (Wildman–Crippen LogP) is 4.32. The van der Waals surface area contributed by atoms with Gasteiger partial charge in [0.2, 0.25) is 0 Å². The van der Waals surface area contributed by atoms with E-state index in [1.54, 1.807) is 4.57 Å². The molecule has 0 aliphatic rings. The van der Waals surface area contributed by atoms with Gasteiger partial charge < -0.3 is 5.73 Å². The normalized spacial score (nSPS) is 11.2. The van der Waals surface area contributed by atoms with E-state index in [0.29, 0.717) is 22.7 Å². The average Bonchev–Trinajstić information content (AvgIpc) is 3.12. The lowest BCUT2D eigenvalue weighted by atomic mass is 10.1. The van der Waals surface area contributed by atoms with Crippen LogP contribution < -0.4 is 11.4 Å². The van der Waals surface area contributed by atoms with Crippen LogP contribution in [0.25, 0.3) is 28.2 Å². The van der Waals surface area contributed by atoms with E-state index in [1.165, 1.54) is 4.57 Å². The minimum absolute atomic E-state index is 0.0175. The Morgan fingerprint density at radius 2 is 1.57 bits per heavy atom. The molecular formula is C28H25N5O2. The summed E-state index contributed by atoms with van der Waals surface area (Å²) >= 11 is 0. The van der Waals surface area contributed by atoms with E-state index in [9.17, 15) is 9.59 Å². The number of imidazole rings is 1. The molecule has 7 nitrogen and oxygen atoms in total. The Labute approximate surface area is 202 Å². The zero-order valence-electron chi connectivity index (χ0n) is 19.8. The van der Waals surface area contributed by atoms with Gasteiger partial charge in [-0.25, -0.2) is 19.3 Å². The first-order valence-corrected chi connectivity index (χ1v) is 11.4. The topological polar surface area (TPSA) is 95.8 Å². The standard InChI is InChI=1S/C28H25N5O2/c1-17-13-14-21(15-19(17)3)33-27-24(32(28(33)35)16-20-10-5-4-6-11-20)23(25(29)34)30-26(31-27)22-12-8-7-9-18(22)2/h4-15H,16H2,1-3H3,(H2,29,34). The van der Waals surface area contributed by atoms with Gasteiger partial charge in [-0.2, -0.15) is 0 Å². The molecule has 7 heteroatoms. The van der Waals surface area contributed by atoms with E-state index in [2.05, 4.69) is 4.98 Å². The highest BCUT2D eigenvalue weighted by atomic mass is 16.2. The van der Waals surface area contributed by atoms with E-state index in [0.717, 1.165) is 27.8 Å². The van der Waals surface area contributed by atoms with Crippen molar-refractivity contribution in [3.63, 3.8) is 0 Å². The van der Waals surface area contributed by atoms with Crippen LogP contribution in [0, 0.1) is 20.8 Å². The van der Waals surface area contributed by atoms with Gasteiger partial charge in [-0.1, -0.05) is 60.7 Å². The van der Waals surface area contributed by atoms with E-state index in [-0.39, 0.29) is 17.9 Å². The van der Waals surface area contributed by atoms with E-state index < -0.39 is 5.91 Å². The lowest BCUT2D eigenvalue weighted by molar-refractivity contribution is 0.0997. The van der Waals surface area contributed by atoms with E-state index >= 15 is 0 Å². The van der Waals surface area contributed by atoms with Gasteiger partial charge in [0, 0.05) is 5.56 Å². The second-order valence-electron chi connectivity index (χ2n) is 8.71. The number of primary amides is 1. The highest BCUT2D eigenvalue weighted by Crippen LogP contribution is 2.26. The molecule has 0 radical (unpaired) electrons. The highest BCUT2D eigenvalue weighted by molar-refractivity contribution is 6.02. The molecule has 35 heavy (non-hydrogen) atoms. The molecule has 0 aliphatic carbocycles. The zero-order chi connectivity index (χ0) is 24.7. The molecule has 0 atom stereocenters. The number of carbonyl (C=O) groups is 1. The third kappa shape index (κ3) is 3.91. The number of carbonyl (C=O) groups excluding carboxylic acids is 1. The van der Waals surface area contributed by atoms with Gasteiger partial charge in [-0.3, -0.25) is 9.36 Å². The van der Waals surface area contributed by atoms with Crippen molar-refractivity contribution >= 4 is 17.1 Å². The number of aryl methyl sites for hydroxylation is 3. The van der Waals surface area contributed by atoms with Gasteiger partial charge in [0.1, 0.15) is 5.52 Å². The summed E-state index contributed by atoms with van der Waals surface area (Å²) < 4.78 is 3.07. The Morgan fingerprint density at radius 1 is 0.857 bits per heavy atom. The van der Waals surface area contributed by atoms with E-state index in [4.69, 9.17) is 10.7 Å². The molecule has 0 aliphatic heterocycles. The number of rotatable bonds is 5. The van der Waals surface area contributed by atoms with Gasteiger partial charge in [-0.05, 0) is 55.2 Å². The highest BCUT2D eigenvalue weighted by Gasteiger charge is 2.25. The fraction of sp³-hybridized carbons (Fsp3) is 0.143. The van der Waals surface area contributed by atoms with Crippen molar-refractivity contribution in [3.8, 4) is 17.1 Å². The van der Waals surface area contributed by atoms with E-state index in [1.807, 2.05) is 93.6 Å². The maximum absolute atomic E-state index is 13.9. The maximum atomic E-state index is 13.9. The fourth-order valence-corrected chi connectivity index (χ4v) is 4.28. The molecule has 5 aromatic rings. The third-order valence-electron chi connectivity index (χ3n) is 6.32. The first-order chi connectivity index (χ1) is 16.8. The van der Waals surface area contributed by atoms with Crippen molar-refractivity contribution in [3.05, 3.63) is 111 Å². The molecule has 0 bridgehead atoms. The monoisotopic (exact) mass is 463 g/mol. The average molecular weight is 464 g/mol. The van der Waals surface area contributed by atoms with Crippen LogP contribution in [-0.2, 0) is 6.54 Å². The Balaban J connectivity index is 1.89. The molecule has 1 amide bonds. The summed E-state index contributed by atoms with van der Waals surface area (Å²) in [5, 5.41) is 0. The predicted molar refractivity (Wildman–Crippen MR) is 137 cm³/mol. The number of hydrogen-bond donors (Lipinski definition) is 1. The molecule has 0 fully saturated rings. The van der Waals surface area contributed by atoms with Crippen molar-refractivity contribution in [2.24, 2.45) is 5.73 Å². The van der Waals surface area contributed by atoms with Crippen LogP contribution in [0.1, 0.15) is 32.7 Å². The fourth-order valence-electron chi connectivity index (χ4n) is 4.28. The van der Waals surface area contributed by atoms with Gasteiger partial charge in [-0.15, -0.1) is 0 Å². The first-order valence-electron chi connectivity index (χ1n) is 11.4. The molecule has 2 aromatic heterocycles. The minimum Gasteiger partial charge on any atom is -0.364 e. The summed E-state index contributed by atoms with van der Waals surface area (Å²) in [5.41, 5.74) is 11.6. The van der Waals surface area contributed by atoms with Crippen molar-refractivity contribution in [2.45, 2.75) is 27.3 Å². The van der Waals surface area contributed by atoms with Crippen LogP contribution in [0.2, 0.25) is 0 Å². The Morgan fingerprint density at radius 3 is 2.26 bits per heavy atom. The molecular weight excluding hydrogens is 438 g/mol. The number of amides is 1. The van der Waals surface area contributed by atoms with Crippen LogP contribution >= 0.6 is 0 Å². The SMILES string of the molecule is Cc1ccc(-n2c(=O)n(Cc3ccccc3)c3c(C(N)=O)nc(-c4ccccc4C)nc32)cc1C.